The van der Waals surface area contributed by atoms with Crippen molar-refractivity contribution in [3.63, 3.8) is 0 Å². The molecule has 20 heavy (non-hydrogen) atoms. The zero-order chi connectivity index (χ0) is 14.5. The molecule has 0 spiro atoms. The molecule has 5 heteroatoms. The molecule has 2 heterocycles. The topological polar surface area (TPSA) is 44.3 Å². The number of hydrogen-bond donors (Lipinski definition) is 1. The first-order valence-corrected chi connectivity index (χ1v) is 7.64. The van der Waals surface area contributed by atoms with Crippen LogP contribution in [0.3, 0.4) is 0 Å². The minimum absolute atomic E-state index is 0.482. The van der Waals surface area contributed by atoms with Gasteiger partial charge in [0.25, 0.3) is 0 Å². The highest BCUT2D eigenvalue weighted by atomic mass is 15.3. The fourth-order valence-electron chi connectivity index (χ4n) is 2.73. The highest BCUT2D eigenvalue weighted by molar-refractivity contribution is 5.50. The van der Waals surface area contributed by atoms with Crippen molar-refractivity contribution in [2.75, 3.05) is 43.4 Å². The lowest BCUT2D eigenvalue weighted by Gasteiger charge is -2.30. The van der Waals surface area contributed by atoms with Gasteiger partial charge in [-0.05, 0) is 40.3 Å². The van der Waals surface area contributed by atoms with Crippen molar-refractivity contribution in [1.29, 1.82) is 0 Å². The maximum absolute atomic E-state index is 4.74. The van der Waals surface area contributed by atoms with Gasteiger partial charge in [-0.15, -0.1) is 0 Å². The second kappa shape index (κ2) is 6.88. The predicted molar refractivity (Wildman–Crippen MR) is 84.5 cm³/mol. The van der Waals surface area contributed by atoms with Gasteiger partial charge in [0, 0.05) is 37.4 Å². The normalized spacial score (nSPS) is 20.8. The Morgan fingerprint density at radius 3 is 2.95 bits per heavy atom. The van der Waals surface area contributed by atoms with E-state index in [1.807, 2.05) is 6.20 Å². The van der Waals surface area contributed by atoms with E-state index < -0.39 is 0 Å². The molecular weight excluding hydrogens is 250 g/mol. The van der Waals surface area contributed by atoms with E-state index in [4.69, 9.17) is 4.98 Å². The summed E-state index contributed by atoms with van der Waals surface area (Å²) in [6, 6.07) is 0.482. The van der Waals surface area contributed by atoms with Crippen LogP contribution in [0.15, 0.2) is 6.20 Å². The molecule has 1 aliphatic rings. The van der Waals surface area contributed by atoms with E-state index in [1.165, 1.54) is 6.42 Å². The van der Waals surface area contributed by atoms with Crippen LogP contribution < -0.4 is 10.2 Å². The van der Waals surface area contributed by atoms with Crippen molar-refractivity contribution in [2.45, 2.75) is 39.7 Å². The van der Waals surface area contributed by atoms with Crippen LogP contribution in [-0.2, 0) is 0 Å². The third-order valence-corrected chi connectivity index (χ3v) is 3.80. The molecule has 1 aromatic rings. The number of hydrogen-bond acceptors (Lipinski definition) is 5. The Morgan fingerprint density at radius 2 is 2.20 bits per heavy atom. The van der Waals surface area contributed by atoms with Gasteiger partial charge >= 0.3 is 0 Å². The fraction of sp³-hybridized carbons (Fsp3) is 0.733. The van der Waals surface area contributed by atoms with E-state index in [0.717, 1.165) is 49.9 Å². The molecule has 0 aromatic carbocycles. The van der Waals surface area contributed by atoms with Crippen molar-refractivity contribution >= 4 is 11.8 Å². The Balaban J connectivity index is 2.20. The Hall–Kier alpha value is -1.36. The van der Waals surface area contributed by atoms with Gasteiger partial charge in [0.15, 0.2) is 0 Å². The van der Waals surface area contributed by atoms with Crippen LogP contribution in [0.1, 0.15) is 32.3 Å². The molecule has 0 saturated carbocycles. The van der Waals surface area contributed by atoms with E-state index in [-0.39, 0.29) is 0 Å². The first kappa shape index (κ1) is 15.0. The summed E-state index contributed by atoms with van der Waals surface area (Å²) in [6.07, 6.45) is 4.20. The third kappa shape index (κ3) is 3.60. The van der Waals surface area contributed by atoms with Crippen LogP contribution in [-0.4, -0.2) is 54.1 Å². The molecule has 0 bridgehead atoms. The Morgan fingerprint density at radius 1 is 1.40 bits per heavy atom. The molecule has 1 N–H and O–H groups in total. The number of nitrogens with zero attached hydrogens (tertiary/aromatic N) is 4. The van der Waals surface area contributed by atoms with Crippen molar-refractivity contribution in [3.8, 4) is 0 Å². The minimum Gasteiger partial charge on any atom is -0.354 e. The number of aromatic nitrogens is 2. The average molecular weight is 277 g/mol. The largest absolute Gasteiger partial charge is 0.354 e. The lowest BCUT2D eigenvalue weighted by atomic mass is 10.2. The Kier molecular flexibility index (Phi) is 5.17. The molecule has 5 nitrogen and oxygen atoms in total. The molecule has 112 valence electrons. The molecule has 1 unspecified atom stereocenters. The number of nitrogens with one attached hydrogen (secondary N) is 1. The average Bonchev–Trinajstić information content (AvgIpc) is 2.58. The van der Waals surface area contributed by atoms with Crippen molar-refractivity contribution < 1.29 is 0 Å². The first-order chi connectivity index (χ1) is 9.61. The molecule has 2 rings (SSSR count). The van der Waals surface area contributed by atoms with Crippen LogP contribution in [0.5, 0.6) is 0 Å². The number of aryl methyl sites for hydroxylation is 1. The smallest absolute Gasteiger partial charge is 0.224 e. The third-order valence-electron chi connectivity index (χ3n) is 3.80. The second-order valence-corrected chi connectivity index (χ2v) is 5.79. The summed E-state index contributed by atoms with van der Waals surface area (Å²) in [6.45, 7) is 10.8. The summed E-state index contributed by atoms with van der Waals surface area (Å²) < 4.78 is 0. The maximum Gasteiger partial charge on any atom is 0.224 e. The quantitative estimate of drug-likeness (QED) is 0.913. The lowest BCUT2D eigenvalue weighted by Crippen LogP contribution is -2.39. The molecule has 1 fully saturated rings. The number of likely N-dealkylation sites (N-methyl/N-ethyl adjacent to an activating group) is 1. The van der Waals surface area contributed by atoms with Gasteiger partial charge in [0.1, 0.15) is 5.82 Å². The molecule has 1 saturated heterocycles. The van der Waals surface area contributed by atoms with E-state index in [1.54, 1.807) is 0 Å². The highest BCUT2D eigenvalue weighted by Gasteiger charge is 2.22. The summed E-state index contributed by atoms with van der Waals surface area (Å²) in [4.78, 5) is 13.9. The highest BCUT2D eigenvalue weighted by Crippen LogP contribution is 2.22. The summed E-state index contributed by atoms with van der Waals surface area (Å²) in [5.41, 5.74) is 1.16. The van der Waals surface area contributed by atoms with Crippen molar-refractivity contribution in [2.24, 2.45) is 0 Å². The SMILES string of the molecule is CCCNc1ncc(C)c(N2CCCN(C)CC2C)n1. The van der Waals surface area contributed by atoms with Crippen LogP contribution in [0.4, 0.5) is 11.8 Å². The predicted octanol–water partition coefficient (Wildman–Crippen LogP) is 2.14. The molecule has 1 aliphatic heterocycles. The van der Waals surface area contributed by atoms with Crippen molar-refractivity contribution in [1.82, 2.24) is 14.9 Å². The molecule has 1 aromatic heterocycles. The minimum atomic E-state index is 0.482. The van der Waals surface area contributed by atoms with E-state index >= 15 is 0 Å². The Bertz CT molecular complexity index is 434. The van der Waals surface area contributed by atoms with Gasteiger partial charge in [0.05, 0.1) is 0 Å². The van der Waals surface area contributed by atoms with Gasteiger partial charge in [-0.25, -0.2) is 4.98 Å². The monoisotopic (exact) mass is 277 g/mol. The zero-order valence-electron chi connectivity index (χ0n) is 13.2. The summed E-state index contributed by atoms with van der Waals surface area (Å²) >= 11 is 0. The summed E-state index contributed by atoms with van der Waals surface area (Å²) in [7, 11) is 2.20. The van der Waals surface area contributed by atoms with Gasteiger partial charge in [-0.3, -0.25) is 0 Å². The Labute approximate surface area is 122 Å². The fourth-order valence-corrected chi connectivity index (χ4v) is 2.73. The summed E-state index contributed by atoms with van der Waals surface area (Å²) in [5, 5.41) is 3.28. The molecule has 0 radical (unpaired) electrons. The van der Waals surface area contributed by atoms with Gasteiger partial charge < -0.3 is 15.1 Å². The van der Waals surface area contributed by atoms with Crippen LogP contribution in [0, 0.1) is 6.92 Å². The standard InChI is InChI=1S/C15H27N5/c1-5-7-16-15-17-10-12(2)14(18-15)20-9-6-8-19(4)11-13(20)3/h10,13H,5-9,11H2,1-4H3,(H,16,17,18). The van der Waals surface area contributed by atoms with Gasteiger partial charge in [0.2, 0.25) is 5.95 Å². The van der Waals surface area contributed by atoms with Crippen LogP contribution in [0.2, 0.25) is 0 Å². The van der Waals surface area contributed by atoms with E-state index in [9.17, 15) is 0 Å². The van der Waals surface area contributed by atoms with Crippen LogP contribution >= 0.6 is 0 Å². The van der Waals surface area contributed by atoms with E-state index in [0.29, 0.717) is 6.04 Å². The molecule has 0 amide bonds. The van der Waals surface area contributed by atoms with E-state index in [2.05, 4.69) is 47.9 Å². The van der Waals surface area contributed by atoms with Crippen LogP contribution in [0.25, 0.3) is 0 Å². The molecule has 1 atom stereocenters. The lowest BCUT2D eigenvalue weighted by molar-refractivity contribution is 0.337. The molecule has 0 aliphatic carbocycles. The van der Waals surface area contributed by atoms with Gasteiger partial charge in [-0.1, -0.05) is 6.92 Å². The van der Waals surface area contributed by atoms with Gasteiger partial charge in [-0.2, -0.15) is 4.98 Å². The van der Waals surface area contributed by atoms with Crippen molar-refractivity contribution in [3.05, 3.63) is 11.8 Å². The summed E-state index contributed by atoms with van der Waals surface area (Å²) in [5.74, 6) is 1.83. The maximum atomic E-state index is 4.74. The number of anilines is 2. The number of rotatable bonds is 4. The zero-order valence-corrected chi connectivity index (χ0v) is 13.2. The molecular formula is C15H27N5. The second-order valence-electron chi connectivity index (χ2n) is 5.79. The first-order valence-electron chi connectivity index (χ1n) is 7.64.